The molecule has 1 aromatic carbocycles. The second kappa shape index (κ2) is 5.82. The lowest BCUT2D eigenvalue weighted by molar-refractivity contribution is 0.205. The molecule has 2 aliphatic rings. The molecule has 21 heavy (non-hydrogen) atoms. The van der Waals surface area contributed by atoms with Crippen molar-refractivity contribution < 1.29 is 0 Å². The average Bonchev–Trinajstić information content (AvgIpc) is 2.64. The first-order chi connectivity index (χ1) is 10.0. The van der Waals surface area contributed by atoms with Gasteiger partial charge < -0.3 is 4.90 Å². The van der Waals surface area contributed by atoms with Crippen molar-refractivity contribution in [3.05, 3.63) is 35.4 Å². The van der Waals surface area contributed by atoms with Crippen LogP contribution < -0.4 is 0 Å². The lowest BCUT2D eigenvalue weighted by Gasteiger charge is -2.40. The average molecular weight is 284 g/mol. The van der Waals surface area contributed by atoms with E-state index in [9.17, 15) is 0 Å². The van der Waals surface area contributed by atoms with Gasteiger partial charge in [0, 0.05) is 18.5 Å². The number of benzene rings is 1. The van der Waals surface area contributed by atoms with E-state index in [-0.39, 0.29) is 5.54 Å². The molecule has 2 nitrogen and oxygen atoms in total. The summed E-state index contributed by atoms with van der Waals surface area (Å²) in [6.07, 6.45) is 8.61. The Hall–Kier alpha value is -1.31. The summed E-state index contributed by atoms with van der Waals surface area (Å²) in [7, 11) is 0. The number of aryl methyl sites for hydroxylation is 1. The molecule has 2 atom stereocenters. The van der Waals surface area contributed by atoms with Crippen LogP contribution in [0.2, 0.25) is 0 Å². The zero-order valence-corrected chi connectivity index (χ0v) is 13.7. The fourth-order valence-corrected chi connectivity index (χ4v) is 3.83. The molecule has 0 unspecified atom stereocenters. The van der Waals surface area contributed by atoms with E-state index < -0.39 is 0 Å². The molecule has 2 heteroatoms. The highest BCUT2D eigenvalue weighted by molar-refractivity contribution is 5.57. The van der Waals surface area contributed by atoms with Gasteiger partial charge in [0.2, 0.25) is 0 Å². The SMILES string of the molecule is CC(C)(C)N=CN1CCC[C@H]2c3ccccc3CCC[C@@H]21. The number of hydrogen-bond acceptors (Lipinski definition) is 1. The maximum absolute atomic E-state index is 4.76. The molecule has 114 valence electrons. The Labute approximate surface area is 129 Å². The van der Waals surface area contributed by atoms with Crippen molar-refractivity contribution in [2.75, 3.05) is 6.54 Å². The van der Waals surface area contributed by atoms with Gasteiger partial charge in [-0.3, -0.25) is 4.99 Å². The molecule has 1 heterocycles. The highest BCUT2D eigenvalue weighted by atomic mass is 15.2. The van der Waals surface area contributed by atoms with Gasteiger partial charge in [-0.1, -0.05) is 24.3 Å². The van der Waals surface area contributed by atoms with Gasteiger partial charge in [-0.25, -0.2) is 0 Å². The van der Waals surface area contributed by atoms with Gasteiger partial charge in [0.25, 0.3) is 0 Å². The molecule has 0 N–H and O–H groups in total. The molecule has 1 aliphatic heterocycles. The summed E-state index contributed by atoms with van der Waals surface area (Å²) < 4.78 is 0. The highest BCUT2D eigenvalue weighted by Gasteiger charge is 2.33. The van der Waals surface area contributed by atoms with Crippen LogP contribution in [-0.4, -0.2) is 29.4 Å². The van der Waals surface area contributed by atoms with Crippen molar-refractivity contribution in [1.29, 1.82) is 0 Å². The van der Waals surface area contributed by atoms with Crippen LogP contribution in [0, 0.1) is 0 Å². The van der Waals surface area contributed by atoms with Gasteiger partial charge >= 0.3 is 0 Å². The van der Waals surface area contributed by atoms with E-state index in [1.54, 1.807) is 11.1 Å². The smallest absolute Gasteiger partial charge is 0.0859 e. The molecule has 1 fully saturated rings. The molecule has 1 aliphatic carbocycles. The van der Waals surface area contributed by atoms with Crippen molar-refractivity contribution in [1.82, 2.24) is 4.90 Å². The Morgan fingerprint density at radius 2 is 1.95 bits per heavy atom. The number of fused-ring (bicyclic) bond motifs is 3. The first-order valence-electron chi connectivity index (χ1n) is 8.43. The number of piperidine rings is 1. The van der Waals surface area contributed by atoms with Crippen molar-refractivity contribution in [3.63, 3.8) is 0 Å². The van der Waals surface area contributed by atoms with Crippen LogP contribution in [0.25, 0.3) is 0 Å². The summed E-state index contributed by atoms with van der Waals surface area (Å²) in [4.78, 5) is 7.29. The summed E-state index contributed by atoms with van der Waals surface area (Å²) >= 11 is 0. The fourth-order valence-electron chi connectivity index (χ4n) is 3.83. The Morgan fingerprint density at radius 3 is 2.76 bits per heavy atom. The number of hydrogen-bond donors (Lipinski definition) is 0. The van der Waals surface area contributed by atoms with Crippen molar-refractivity contribution in [2.24, 2.45) is 4.99 Å². The van der Waals surface area contributed by atoms with Gasteiger partial charge in [-0.15, -0.1) is 0 Å². The zero-order chi connectivity index (χ0) is 14.9. The summed E-state index contributed by atoms with van der Waals surface area (Å²) in [5.41, 5.74) is 3.21. The predicted molar refractivity (Wildman–Crippen MR) is 90.1 cm³/mol. The van der Waals surface area contributed by atoms with Gasteiger partial charge in [0.1, 0.15) is 0 Å². The number of nitrogens with zero attached hydrogens (tertiary/aromatic N) is 2. The van der Waals surface area contributed by atoms with Crippen LogP contribution in [0.4, 0.5) is 0 Å². The summed E-state index contributed by atoms with van der Waals surface area (Å²) in [6, 6.07) is 9.75. The summed E-state index contributed by atoms with van der Waals surface area (Å²) in [6.45, 7) is 7.69. The quantitative estimate of drug-likeness (QED) is 0.551. The molecule has 0 radical (unpaired) electrons. The number of rotatable bonds is 1. The molecule has 1 saturated heterocycles. The Bertz CT molecular complexity index is 513. The van der Waals surface area contributed by atoms with Crippen LogP contribution in [0.3, 0.4) is 0 Å². The Morgan fingerprint density at radius 1 is 1.14 bits per heavy atom. The molecular weight excluding hydrogens is 256 g/mol. The minimum absolute atomic E-state index is 0.0234. The lowest BCUT2D eigenvalue weighted by Crippen LogP contribution is -2.43. The third-order valence-corrected chi connectivity index (χ3v) is 4.82. The highest BCUT2D eigenvalue weighted by Crippen LogP contribution is 2.39. The van der Waals surface area contributed by atoms with Gasteiger partial charge in [0.05, 0.1) is 11.9 Å². The second-order valence-corrected chi connectivity index (χ2v) is 7.56. The third-order valence-electron chi connectivity index (χ3n) is 4.82. The third kappa shape index (κ3) is 3.30. The standard InChI is InChI=1S/C19H28N2/c1-19(2,3)20-14-21-13-7-11-17-16-10-5-4-8-15(16)9-6-12-18(17)21/h4-5,8,10,14,17-18H,6-7,9,11-13H2,1-3H3/t17-,18-/m0/s1. The van der Waals surface area contributed by atoms with Crippen molar-refractivity contribution >= 4 is 6.34 Å². The van der Waals surface area contributed by atoms with E-state index in [2.05, 4.69) is 56.3 Å². The van der Waals surface area contributed by atoms with E-state index in [0.717, 1.165) is 0 Å². The predicted octanol–water partition coefficient (Wildman–Crippen LogP) is 4.40. The van der Waals surface area contributed by atoms with E-state index in [1.807, 2.05) is 0 Å². The van der Waals surface area contributed by atoms with E-state index in [4.69, 9.17) is 4.99 Å². The molecule has 0 amide bonds. The van der Waals surface area contributed by atoms with Crippen LogP contribution in [0.15, 0.2) is 29.3 Å². The minimum Gasteiger partial charge on any atom is -0.359 e. The van der Waals surface area contributed by atoms with E-state index in [1.165, 1.54) is 38.6 Å². The molecule has 1 aromatic rings. The molecular formula is C19H28N2. The second-order valence-electron chi connectivity index (χ2n) is 7.56. The Kier molecular flexibility index (Phi) is 4.05. The fraction of sp³-hybridized carbons (Fsp3) is 0.632. The molecule has 0 bridgehead atoms. The van der Waals surface area contributed by atoms with E-state index in [0.29, 0.717) is 12.0 Å². The molecule has 0 spiro atoms. The van der Waals surface area contributed by atoms with Crippen LogP contribution in [-0.2, 0) is 6.42 Å². The normalized spacial score (nSPS) is 26.3. The monoisotopic (exact) mass is 284 g/mol. The minimum atomic E-state index is 0.0234. The lowest BCUT2D eigenvalue weighted by atomic mass is 9.82. The van der Waals surface area contributed by atoms with E-state index >= 15 is 0 Å². The maximum Gasteiger partial charge on any atom is 0.0859 e. The molecule has 0 aromatic heterocycles. The topological polar surface area (TPSA) is 15.6 Å². The zero-order valence-electron chi connectivity index (χ0n) is 13.7. The van der Waals surface area contributed by atoms with Crippen LogP contribution in [0.1, 0.15) is 63.5 Å². The van der Waals surface area contributed by atoms with Gasteiger partial charge in [0.15, 0.2) is 0 Å². The number of likely N-dealkylation sites (tertiary alicyclic amines) is 1. The Balaban J connectivity index is 1.87. The summed E-state index contributed by atoms with van der Waals surface area (Å²) in [5, 5.41) is 0. The van der Waals surface area contributed by atoms with Gasteiger partial charge in [-0.05, 0) is 64.0 Å². The van der Waals surface area contributed by atoms with Crippen LogP contribution in [0.5, 0.6) is 0 Å². The first-order valence-corrected chi connectivity index (χ1v) is 8.43. The van der Waals surface area contributed by atoms with Gasteiger partial charge in [-0.2, -0.15) is 0 Å². The summed E-state index contributed by atoms with van der Waals surface area (Å²) in [5.74, 6) is 0.698. The van der Waals surface area contributed by atoms with Crippen molar-refractivity contribution in [2.45, 2.75) is 70.4 Å². The van der Waals surface area contributed by atoms with Crippen molar-refractivity contribution in [3.8, 4) is 0 Å². The maximum atomic E-state index is 4.76. The first kappa shape index (κ1) is 14.6. The van der Waals surface area contributed by atoms with Crippen LogP contribution >= 0.6 is 0 Å². The molecule has 3 rings (SSSR count). The number of aliphatic imine (C=N–C) groups is 1. The molecule has 0 saturated carbocycles. The largest absolute Gasteiger partial charge is 0.359 e.